The zero-order chi connectivity index (χ0) is 35.8. The third kappa shape index (κ3) is 6.75. The van der Waals surface area contributed by atoms with Gasteiger partial charge >= 0.3 is 0 Å². The second kappa shape index (κ2) is 14.8. The number of unbranched alkanes of at least 4 members (excludes halogenated alkanes) is 2. The molecule has 0 aromatic heterocycles. The molecule has 3 nitrogen and oxygen atoms in total. The molecular formula is C47H66N3Si+. The summed E-state index contributed by atoms with van der Waals surface area (Å²) in [6.45, 7) is 10.3. The molecule has 3 unspecified atom stereocenters. The van der Waals surface area contributed by atoms with Crippen molar-refractivity contribution in [2.75, 3.05) is 26.0 Å². The maximum Gasteiger partial charge on any atom is 0.190 e. The smallest absolute Gasteiger partial charge is 0.190 e. The molecule has 0 saturated heterocycles. The average molecular weight is 701 g/mol. The molecule has 3 aromatic rings. The van der Waals surface area contributed by atoms with Crippen molar-refractivity contribution in [3.8, 4) is 0 Å². The molecular weight excluding hydrogens is 635 g/mol. The molecule has 0 heterocycles. The summed E-state index contributed by atoms with van der Waals surface area (Å²) in [6, 6.07) is 30.2. The number of hydrogen-bond acceptors (Lipinski definition) is 2. The van der Waals surface area contributed by atoms with Gasteiger partial charge in [0.05, 0.1) is 21.1 Å². The normalized spacial score (nSPS) is 23.0. The fourth-order valence-corrected chi connectivity index (χ4v) is 16.7. The number of benzene rings is 3. The quantitative estimate of drug-likeness (QED) is 0.0995. The topological polar surface area (TPSA) is 6.48 Å². The summed E-state index contributed by atoms with van der Waals surface area (Å²) in [5.41, 5.74) is 11.0. The van der Waals surface area contributed by atoms with Crippen molar-refractivity contribution in [2.24, 2.45) is 11.8 Å². The molecule has 0 radical (unpaired) electrons. The van der Waals surface area contributed by atoms with Gasteiger partial charge in [-0.15, -0.1) is 0 Å². The average Bonchev–Trinajstić information content (AvgIpc) is 3.67. The maximum absolute atomic E-state index is 3.09. The highest BCUT2D eigenvalue weighted by Gasteiger charge is 2.56. The SMILES string of the molecule is CCCCC1(CCCC)C2=CC3C(C=C2c2ccc(N(c4ccccc4)c4ccccc4)cc21)CCC3[Si](C)(C)N(C1CCCCC1)[N+](C)(C)C. The number of quaternary nitrogens is 1. The third-order valence-corrected chi connectivity index (χ3v) is 18.0. The van der Waals surface area contributed by atoms with Crippen molar-refractivity contribution >= 4 is 30.9 Å². The summed E-state index contributed by atoms with van der Waals surface area (Å²) in [5, 5.41) is 0. The molecule has 4 aliphatic rings. The first-order chi connectivity index (χ1) is 24.6. The Balaban J connectivity index is 1.34. The molecule has 272 valence electrons. The molecule has 3 atom stereocenters. The van der Waals surface area contributed by atoms with Crippen LogP contribution in [0.1, 0.15) is 108 Å². The fourth-order valence-electron chi connectivity index (χ4n) is 11.5. The number of allylic oxidation sites excluding steroid dienone is 4. The van der Waals surface area contributed by atoms with Crippen LogP contribution in [0.3, 0.4) is 0 Å². The van der Waals surface area contributed by atoms with Gasteiger partial charge in [-0.05, 0) is 108 Å². The lowest BCUT2D eigenvalue weighted by atomic mass is 9.68. The van der Waals surface area contributed by atoms with E-state index in [2.05, 4.69) is 149 Å². The number of rotatable bonds is 13. The zero-order valence-corrected chi connectivity index (χ0v) is 34.0. The summed E-state index contributed by atoms with van der Waals surface area (Å²) in [6.07, 6.45) is 23.0. The lowest BCUT2D eigenvalue weighted by molar-refractivity contribution is -0.975. The van der Waals surface area contributed by atoms with Crippen molar-refractivity contribution in [1.82, 2.24) is 4.67 Å². The van der Waals surface area contributed by atoms with Gasteiger partial charge < -0.3 is 4.90 Å². The van der Waals surface area contributed by atoms with Crippen LogP contribution >= 0.6 is 0 Å². The molecule has 4 aliphatic carbocycles. The summed E-state index contributed by atoms with van der Waals surface area (Å²) in [7, 11) is 5.57. The molecule has 0 N–H and O–H groups in total. The molecule has 4 heteroatoms. The minimum absolute atomic E-state index is 0.0786. The second-order valence-corrected chi connectivity index (χ2v) is 22.4. The Bertz CT molecular complexity index is 1650. The van der Waals surface area contributed by atoms with E-state index in [1.54, 1.807) is 16.7 Å². The molecule has 0 amide bonds. The van der Waals surface area contributed by atoms with Gasteiger partial charge in [0, 0.05) is 28.5 Å². The Labute approximate surface area is 312 Å². The first-order valence-electron chi connectivity index (χ1n) is 20.7. The largest absolute Gasteiger partial charge is 0.310 e. The highest BCUT2D eigenvalue weighted by molar-refractivity contribution is 6.76. The van der Waals surface area contributed by atoms with E-state index >= 15 is 0 Å². The van der Waals surface area contributed by atoms with Crippen molar-refractivity contribution in [2.45, 2.75) is 127 Å². The van der Waals surface area contributed by atoms with E-state index < -0.39 is 8.24 Å². The molecule has 0 aliphatic heterocycles. The van der Waals surface area contributed by atoms with E-state index in [-0.39, 0.29) is 5.41 Å². The van der Waals surface area contributed by atoms with E-state index in [1.165, 1.54) is 106 Å². The highest BCUT2D eigenvalue weighted by atomic mass is 28.3. The monoisotopic (exact) mass is 701 g/mol. The number of fused-ring (bicyclic) bond motifs is 4. The van der Waals surface area contributed by atoms with Crippen LogP contribution < -0.4 is 4.90 Å². The molecule has 0 bridgehead atoms. The standard InChI is InChI=1S/C47H66N3Si/c1-8-10-31-47(32-11-9-2)44-34-40(48(37-21-15-12-16-22-37)38-23-17-13-18-24-38)28-29-41(44)43-33-36-27-30-46(42(36)35-45(43)47)51(6,7)49(50(3,4)5)39-25-19-14-20-26-39/h12-13,15-18,21-24,28-29,33-36,39,42,46H,8-11,14,19-20,25-27,30-32H2,1-7H3/q+1. The Hall–Kier alpha value is -2.92. The lowest BCUT2D eigenvalue weighted by Gasteiger charge is -2.53. The van der Waals surface area contributed by atoms with E-state index in [4.69, 9.17) is 0 Å². The molecule has 2 fully saturated rings. The van der Waals surface area contributed by atoms with Crippen LogP contribution in [0, 0.1) is 11.8 Å². The zero-order valence-electron chi connectivity index (χ0n) is 33.0. The first kappa shape index (κ1) is 36.4. The highest BCUT2D eigenvalue weighted by Crippen LogP contribution is 2.62. The Kier molecular flexibility index (Phi) is 10.6. The number of hydrogen-bond donors (Lipinski definition) is 0. The van der Waals surface area contributed by atoms with Crippen LogP contribution in [0.15, 0.2) is 96.6 Å². The molecule has 7 rings (SSSR count). The van der Waals surface area contributed by atoms with Crippen LogP contribution in [0.5, 0.6) is 0 Å². The lowest BCUT2D eigenvalue weighted by Crippen LogP contribution is -2.69. The van der Waals surface area contributed by atoms with Gasteiger partial charge in [0.25, 0.3) is 0 Å². The number of para-hydroxylation sites is 2. The minimum Gasteiger partial charge on any atom is -0.310 e. The van der Waals surface area contributed by atoms with Gasteiger partial charge in [-0.2, -0.15) is 4.67 Å². The summed E-state index contributed by atoms with van der Waals surface area (Å²) >= 11 is 0. The van der Waals surface area contributed by atoms with Crippen LogP contribution in [0.25, 0.3) is 5.57 Å². The molecule has 2 saturated carbocycles. The van der Waals surface area contributed by atoms with Gasteiger partial charge in [0.2, 0.25) is 0 Å². The molecule has 51 heavy (non-hydrogen) atoms. The van der Waals surface area contributed by atoms with E-state index in [9.17, 15) is 0 Å². The summed E-state index contributed by atoms with van der Waals surface area (Å²) in [5.74, 6) is 1.32. The van der Waals surface area contributed by atoms with Crippen LogP contribution in [-0.2, 0) is 5.41 Å². The Morgan fingerprint density at radius 3 is 1.88 bits per heavy atom. The van der Waals surface area contributed by atoms with E-state index in [0.29, 0.717) is 11.8 Å². The van der Waals surface area contributed by atoms with Crippen LogP contribution in [0.2, 0.25) is 18.6 Å². The molecule has 3 aromatic carbocycles. The third-order valence-electron chi connectivity index (χ3n) is 13.4. The Morgan fingerprint density at radius 2 is 1.31 bits per heavy atom. The Morgan fingerprint density at radius 1 is 0.706 bits per heavy atom. The van der Waals surface area contributed by atoms with Gasteiger partial charge in [-0.1, -0.05) is 133 Å². The van der Waals surface area contributed by atoms with Crippen LogP contribution in [0.4, 0.5) is 17.1 Å². The molecule has 0 spiro atoms. The predicted molar refractivity (Wildman–Crippen MR) is 222 cm³/mol. The predicted octanol–water partition coefficient (Wildman–Crippen LogP) is 13.0. The first-order valence-corrected chi connectivity index (χ1v) is 23.7. The van der Waals surface area contributed by atoms with Gasteiger partial charge in [0.1, 0.15) is 0 Å². The van der Waals surface area contributed by atoms with Crippen molar-refractivity contribution < 1.29 is 4.59 Å². The minimum atomic E-state index is -1.83. The van der Waals surface area contributed by atoms with E-state index in [0.717, 1.165) is 16.2 Å². The van der Waals surface area contributed by atoms with Gasteiger partial charge in [0.15, 0.2) is 8.24 Å². The summed E-state index contributed by atoms with van der Waals surface area (Å²) < 4.78 is 4.08. The van der Waals surface area contributed by atoms with E-state index in [1.807, 2.05) is 0 Å². The van der Waals surface area contributed by atoms with Crippen molar-refractivity contribution in [3.05, 3.63) is 108 Å². The van der Waals surface area contributed by atoms with Crippen LogP contribution in [-0.4, -0.2) is 44.7 Å². The maximum atomic E-state index is 3.09. The fraction of sp³-hybridized carbons (Fsp3) is 0.532. The number of anilines is 3. The summed E-state index contributed by atoms with van der Waals surface area (Å²) in [4.78, 5) is 2.47. The van der Waals surface area contributed by atoms with Gasteiger partial charge in [-0.25, -0.2) is 0 Å². The number of nitrogens with zero attached hydrogens (tertiary/aromatic N) is 3. The van der Waals surface area contributed by atoms with Crippen molar-refractivity contribution in [3.63, 3.8) is 0 Å². The second-order valence-electron chi connectivity index (χ2n) is 17.8. The van der Waals surface area contributed by atoms with Gasteiger partial charge in [-0.3, -0.25) is 4.59 Å². The van der Waals surface area contributed by atoms with Crippen molar-refractivity contribution in [1.29, 1.82) is 0 Å².